The molecule has 0 unspecified atom stereocenters. The molecule has 0 spiro atoms. The summed E-state index contributed by atoms with van der Waals surface area (Å²) in [6.07, 6.45) is 0. The summed E-state index contributed by atoms with van der Waals surface area (Å²) in [7, 11) is -2.22. The van der Waals surface area contributed by atoms with E-state index in [9.17, 15) is 8.42 Å². The predicted octanol–water partition coefficient (Wildman–Crippen LogP) is 2.91. The quantitative estimate of drug-likeness (QED) is 0.795. The Balaban J connectivity index is 2.15. The molecule has 0 heterocycles. The molecule has 0 aliphatic heterocycles. The SMILES string of the molecule is COc1ccccc1COS(=O)(=O)c1ccc(C)cc1. The van der Waals surface area contributed by atoms with E-state index < -0.39 is 10.1 Å². The van der Waals surface area contributed by atoms with Crippen LogP contribution in [0.15, 0.2) is 53.4 Å². The van der Waals surface area contributed by atoms with Crippen LogP contribution in [0.25, 0.3) is 0 Å². The molecule has 20 heavy (non-hydrogen) atoms. The van der Waals surface area contributed by atoms with Crippen LogP contribution in [0.2, 0.25) is 0 Å². The van der Waals surface area contributed by atoms with Crippen molar-refractivity contribution in [2.24, 2.45) is 0 Å². The monoisotopic (exact) mass is 292 g/mol. The molecule has 4 nitrogen and oxygen atoms in total. The second kappa shape index (κ2) is 6.07. The molecule has 0 radical (unpaired) electrons. The molecule has 0 bridgehead atoms. The van der Waals surface area contributed by atoms with E-state index in [1.54, 1.807) is 30.3 Å². The van der Waals surface area contributed by atoms with E-state index >= 15 is 0 Å². The maximum atomic E-state index is 12.1. The van der Waals surface area contributed by atoms with E-state index in [2.05, 4.69) is 0 Å². The van der Waals surface area contributed by atoms with Gasteiger partial charge < -0.3 is 4.74 Å². The molecule has 2 aromatic rings. The Bertz CT molecular complexity index is 675. The topological polar surface area (TPSA) is 52.6 Å². The van der Waals surface area contributed by atoms with Gasteiger partial charge >= 0.3 is 0 Å². The average Bonchev–Trinajstić information content (AvgIpc) is 2.46. The van der Waals surface area contributed by atoms with Gasteiger partial charge in [-0.3, -0.25) is 4.18 Å². The lowest BCUT2D eigenvalue weighted by molar-refractivity contribution is 0.299. The number of methoxy groups -OCH3 is 1. The van der Waals surface area contributed by atoms with Crippen LogP contribution in [0.4, 0.5) is 0 Å². The summed E-state index contributed by atoms with van der Waals surface area (Å²) in [5.74, 6) is 0.603. The third-order valence-corrected chi connectivity index (χ3v) is 4.15. The third kappa shape index (κ3) is 3.37. The van der Waals surface area contributed by atoms with E-state index in [1.165, 1.54) is 19.2 Å². The summed E-state index contributed by atoms with van der Waals surface area (Å²) in [6.45, 7) is 1.84. The summed E-state index contributed by atoms with van der Waals surface area (Å²) in [4.78, 5) is 0.151. The second-order valence-corrected chi connectivity index (χ2v) is 5.96. The fraction of sp³-hybridized carbons (Fsp3) is 0.200. The molecule has 0 aromatic heterocycles. The van der Waals surface area contributed by atoms with Crippen LogP contribution in [0, 0.1) is 6.92 Å². The van der Waals surface area contributed by atoms with Crippen LogP contribution < -0.4 is 4.74 Å². The van der Waals surface area contributed by atoms with Crippen molar-refractivity contribution in [2.45, 2.75) is 18.4 Å². The first kappa shape index (κ1) is 14.6. The molecule has 2 aromatic carbocycles. The zero-order valence-electron chi connectivity index (χ0n) is 11.4. The van der Waals surface area contributed by atoms with Gasteiger partial charge in [-0.15, -0.1) is 0 Å². The molecule has 106 valence electrons. The molecular formula is C15H16O4S. The van der Waals surface area contributed by atoms with Crippen LogP contribution in [0.1, 0.15) is 11.1 Å². The van der Waals surface area contributed by atoms with Gasteiger partial charge in [-0.25, -0.2) is 0 Å². The van der Waals surface area contributed by atoms with Crippen molar-refractivity contribution in [3.63, 3.8) is 0 Å². The highest BCUT2D eigenvalue weighted by molar-refractivity contribution is 7.86. The molecule has 0 N–H and O–H groups in total. The Morgan fingerprint density at radius 1 is 1.00 bits per heavy atom. The highest BCUT2D eigenvalue weighted by atomic mass is 32.2. The Labute approximate surface area is 119 Å². The number of hydrogen-bond donors (Lipinski definition) is 0. The summed E-state index contributed by atoms with van der Waals surface area (Å²) in [6, 6.07) is 13.7. The fourth-order valence-electron chi connectivity index (χ4n) is 1.74. The molecule has 0 aliphatic carbocycles. The van der Waals surface area contributed by atoms with Crippen molar-refractivity contribution >= 4 is 10.1 Å². The van der Waals surface area contributed by atoms with E-state index in [4.69, 9.17) is 8.92 Å². The van der Waals surface area contributed by atoms with Crippen LogP contribution in [0.5, 0.6) is 5.75 Å². The highest BCUT2D eigenvalue weighted by Crippen LogP contribution is 2.21. The molecule has 0 aliphatic rings. The van der Waals surface area contributed by atoms with Gasteiger partial charge in [0.05, 0.1) is 18.6 Å². The number of para-hydroxylation sites is 1. The minimum absolute atomic E-state index is 0.0553. The Morgan fingerprint density at radius 2 is 1.65 bits per heavy atom. The number of aryl methyl sites for hydroxylation is 1. The van der Waals surface area contributed by atoms with Gasteiger partial charge in [0, 0.05) is 5.56 Å². The maximum Gasteiger partial charge on any atom is 0.297 e. The van der Waals surface area contributed by atoms with Crippen LogP contribution >= 0.6 is 0 Å². The van der Waals surface area contributed by atoms with Crippen molar-refractivity contribution in [3.05, 3.63) is 59.7 Å². The predicted molar refractivity (Wildman–Crippen MR) is 76.1 cm³/mol. The third-order valence-electron chi connectivity index (χ3n) is 2.87. The molecule has 0 atom stereocenters. The van der Waals surface area contributed by atoms with Crippen molar-refractivity contribution < 1.29 is 17.3 Å². The van der Waals surface area contributed by atoms with Gasteiger partial charge in [0.2, 0.25) is 0 Å². The first-order chi connectivity index (χ1) is 9.53. The second-order valence-electron chi connectivity index (χ2n) is 4.34. The lowest BCUT2D eigenvalue weighted by atomic mass is 10.2. The standard InChI is InChI=1S/C15H16O4S/c1-12-7-9-14(10-8-12)20(16,17)19-11-13-5-3-4-6-15(13)18-2/h3-10H,11H2,1-2H3. The van der Waals surface area contributed by atoms with Crippen molar-refractivity contribution in [1.29, 1.82) is 0 Å². The lowest BCUT2D eigenvalue weighted by Crippen LogP contribution is -2.07. The van der Waals surface area contributed by atoms with E-state index in [0.717, 1.165) is 5.56 Å². The summed E-state index contributed by atoms with van der Waals surface area (Å²) < 4.78 is 34.3. The average molecular weight is 292 g/mol. The van der Waals surface area contributed by atoms with E-state index in [1.807, 2.05) is 13.0 Å². The Hall–Kier alpha value is -1.85. The minimum Gasteiger partial charge on any atom is -0.496 e. The number of benzene rings is 2. The first-order valence-corrected chi connectivity index (χ1v) is 7.52. The zero-order valence-corrected chi connectivity index (χ0v) is 12.2. The van der Waals surface area contributed by atoms with Gasteiger partial charge in [-0.1, -0.05) is 35.9 Å². The summed E-state index contributed by atoms with van der Waals surface area (Å²) in [5, 5.41) is 0. The van der Waals surface area contributed by atoms with Gasteiger partial charge in [-0.05, 0) is 25.1 Å². The first-order valence-electron chi connectivity index (χ1n) is 6.11. The van der Waals surface area contributed by atoms with E-state index in [0.29, 0.717) is 11.3 Å². The molecule has 0 saturated heterocycles. The molecule has 0 amide bonds. The molecule has 2 rings (SSSR count). The number of rotatable bonds is 5. The molecular weight excluding hydrogens is 276 g/mol. The lowest BCUT2D eigenvalue weighted by Gasteiger charge is -2.09. The molecule has 5 heteroatoms. The van der Waals surface area contributed by atoms with Gasteiger partial charge in [0.25, 0.3) is 10.1 Å². The zero-order chi connectivity index (χ0) is 14.6. The van der Waals surface area contributed by atoms with Gasteiger partial charge in [0.1, 0.15) is 5.75 Å². The number of hydrogen-bond acceptors (Lipinski definition) is 4. The van der Waals surface area contributed by atoms with Gasteiger partial charge in [-0.2, -0.15) is 8.42 Å². The van der Waals surface area contributed by atoms with Crippen molar-refractivity contribution in [2.75, 3.05) is 7.11 Å². The largest absolute Gasteiger partial charge is 0.496 e. The van der Waals surface area contributed by atoms with Crippen molar-refractivity contribution in [3.8, 4) is 5.75 Å². The maximum absolute atomic E-state index is 12.1. The van der Waals surface area contributed by atoms with Crippen molar-refractivity contribution in [1.82, 2.24) is 0 Å². The van der Waals surface area contributed by atoms with Crippen LogP contribution in [-0.2, 0) is 20.9 Å². The molecule has 0 fully saturated rings. The normalized spacial score (nSPS) is 11.3. The molecule has 0 saturated carbocycles. The summed E-state index contributed by atoms with van der Waals surface area (Å²) >= 11 is 0. The Kier molecular flexibility index (Phi) is 4.42. The Morgan fingerprint density at radius 3 is 2.30 bits per heavy atom. The van der Waals surface area contributed by atoms with E-state index in [-0.39, 0.29) is 11.5 Å². The van der Waals surface area contributed by atoms with Gasteiger partial charge in [0.15, 0.2) is 0 Å². The number of ether oxygens (including phenoxy) is 1. The highest BCUT2D eigenvalue weighted by Gasteiger charge is 2.16. The summed E-state index contributed by atoms with van der Waals surface area (Å²) in [5.41, 5.74) is 1.68. The minimum atomic E-state index is -3.76. The van der Waals surface area contributed by atoms with Crippen LogP contribution in [-0.4, -0.2) is 15.5 Å². The van der Waals surface area contributed by atoms with Crippen LogP contribution in [0.3, 0.4) is 0 Å². The fourth-order valence-corrected chi connectivity index (χ4v) is 2.62. The smallest absolute Gasteiger partial charge is 0.297 e.